The van der Waals surface area contributed by atoms with E-state index in [2.05, 4.69) is 31.4 Å². The van der Waals surface area contributed by atoms with Crippen LogP contribution in [0.1, 0.15) is 23.4 Å². The molecule has 2 aromatic heterocycles. The van der Waals surface area contributed by atoms with Gasteiger partial charge in [-0.3, -0.25) is 9.48 Å². The predicted octanol–water partition coefficient (Wildman–Crippen LogP) is 3.44. The molecular formula is C18H19BrN6O3. The molecule has 0 saturated carbocycles. The van der Waals surface area contributed by atoms with Gasteiger partial charge in [-0.2, -0.15) is 9.78 Å². The first-order valence-electron chi connectivity index (χ1n) is 8.59. The number of hydrogen-bond donors (Lipinski definition) is 1. The SMILES string of the molecule is Cc1nn(Cc2cccc(NC(=O)CCn3ccc([N+](=O)[O-])n3)c2)c(C)c1Br. The van der Waals surface area contributed by atoms with Crippen LogP contribution in [0.15, 0.2) is 41.0 Å². The molecule has 28 heavy (non-hydrogen) atoms. The molecule has 0 aliphatic carbocycles. The number of aryl methyl sites for hydroxylation is 2. The Kier molecular flexibility index (Phi) is 5.88. The largest absolute Gasteiger partial charge is 0.389 e. The van der Waals surface area contributed by atoms with Crippen molar-refractivity contribution in [2.75, 3.05) is 5.32 Å². The second kappa shape index (κ2) is 8.34. The van der Waals surface area contributed by atoms with Crippen LogP contribution in [0.4, 0.5) is 11.5 Å². The number of nitro groups is 1. The van der Waals surface area contributed by atoms with Crippen molar-refractivity contribution in [1.29, 1.82) is 0 Å². The smallest absolute Gasteiger partial charge is 0.358 e. The summed E-state index contributed by atoms with van der Waals surface area (Å²) < 4.78 is 4.29. The lowest BCUT2D eigenvalue weighted by molar-refractivity contribution is -0.389. The number of rotatable bonds is 7. The van der Waals surface area contributed by atoms with Gasteiger partial charge < -0.3 is 15.4 Å². The Morgan fingerprint density at radius 1 is 1.29 bits per heavy atom. The molecule has 1 amide bonds. The van der Waals surface area contributed by atoms with Crippen LogP contribution in [0.2, 0.25) is 0 Å². The van der Waals surface area contributed by atoms with Gasteiger partial charge in [0.2, 0.25) is 5.91 Å². The molecule has 146 valence electrons. The lowest BCUT2D eigenvalue weighted by Crippen LogP contribution is -2.15. The van der Waals surface area contributed by atoms with Gasteiger partial charge >= 0.3 is 5.82 Å². The summed E-state index contributed by atoms with van der Waals surface area (Å²) in [6, 6.07) is 8.88. The zero-order valence-electron chi connectivity index (χ0n) is 15.4. The first kappa shape index (κ1) is 19.7. The minimum absolute atomic E-state index is 0.160. The Morgan fingerprint density at radius 3 is 2.71 bits per heavy atom. The number of nitrogens with zero attached hydrogens (tertiary/aromatic N) is 5. The highest BCUT2D eigenvalue weighted by Crippen LogP contribution is 2.21. The van der Waals surface area contributed by atoms with E-state index >= 15 is 0 Å². The maximum atomic E-state index is 12.2. The number of amides is 1. The summed E-state index contributed by atoms with van der Waals surface area (Å²) in [5, 5.41) is 21.8. The monoisotopic (exact) mass is 446 g/mol. The fourth-order valence-corrected chi connectivity index (χ4v) is 3.05. The van der Waals surface area contributed by atoms with E-state index in [9.17, 15) is 14.9 Å². The van der Waals surface area contributed by atoms with Gasteiger partial charge in [-0.15, -0.1) is 0 Å². The highest BCUT2D eigenvalue weighted by Gasteiger charge is 2.12. The summed E-state index contributed by atoms with van der Waals surface area (Å²) in [7, 11) is 0. The van der Waals surface area contributed by atoms with Crippen molar-refractivity contribution in [3.8, 4) is 0 Å². The number of benzene rings is 1. The first-order valence-corrected chi connectivity index (χ1v) is 9.39. The molecule has 3 aromatic rings. The zero-order valence-corrected chi connectivity index (χ0v) is 17.0. The molecule has 0 bridgehead atoms. The molecule has 0 atom stereocenters. The number of carbonyl (C=O) groups is 1. The zero-order chi connectivity index (χ0) is 20.3. The fraction of sp³-hybridized carbons (Fsp3) is 0.278. The lowest BCUT2D eigenvalue weighted by atomic mass is 10.2. The highest BCUT2D eigenvalue weighted by molar-refractivity contribution is 9.10. The van der Waals surface area contributed by atoms with E-state index in [1.54, 1.807) is 0 Å². The van der Waals surface area contributed by atoms with E-state index in [1.807, 2.05) is 42.8 Å². The number of hydrogen-bond acceptors (Lipinski definition) is 5. The Bertz CT molecular complexity index is 1030. The summed E-state index contributed by atoms with van der Waals surface area (Å²) in [6.45, 7) is 4.80. The van der Waals surface area contributed by atoms with Gasteiger partial charge in [0.15, 0.2) is 0 Å². The molecule has 0 aliphatic rings. The van der Waals surface area contributed by atoms with Crippen LogP contribution in [-0.4, -0.2) is 30.4 Å². The van der Waals surface area contributed by atoms with Gasteiger partial charge in [0, 0.05) is 12.1 Å². The molecule has 0 spiro atoms. The van der Waals surface area contributed by atoms with Crippen molar-refractivity contribution >= 4 is 33.3 Å². The highest BCUT2D eigenvalue weighted by atomic mass is 79.9. The molecule has 1 N–H and O–H groups in total. The van der Waals surface area contributed by atoms with E-state index in [4.69, 9.17) is 0 Å². The van der Waals surface area contributed by atoms with Gasteiger partial charge in [-0.25, -0.2) is 0 Å². The van der Waals surface area contributed by atoms with Crippen LogP contribution in [0.5, 0.6) is 0 Å². The molecular weight excluding hydrogens is 428 g/mol. The Balaban J connectivity index is 1.59. The maximum Gasteiger partial charge on any atom is 0.389 e. The number of aromatic nitrogens is 4. The minimum Gasteiger partial charge on any atom is -0.358 e. The van der Waals surface area contributed by atoms with E-state index < -0.39 is 4.92 Å². The van der Waals surface area contributed by atoms with Crippen LogP contribution >= 0.6 is 15.9 Å². The van der Waals surface area contributed by atoms with Crippen molar-refractivity contribution in [2.24, 2.45) is 0 Å². The average molecular weight is 447 g/mol. The fourth-order valence-electron chi connectivity index (χ4n) is 2.76. The Labute approximate surface area is 169 Å². The van der Waals surface area contributed by atoms with Gasteiger partial charge in [0.05, 0.1) is 46.3 Å². The maximum absolute atomic E-state index is 12.2. The van der Waals surface area contributed by atoms with E-state index in [0.717, 1.165) is 21.4 Å². The Hall–Kier alpha value is -3.01. The number of anilines is 1. The molecule has 1 aromatic carbocycles. The van der Waals surface area contributed by atoms with Crippen LogP contribution in [0, 0.1) is 24.0 Å². The molecule has 10 heteroatoms. The van der Waals surface area contributed by atoms with Crippen molar-refractivity contribution < 1.29 is 9.72 Å². The van der Waals surface area contributed by atoms with Crippen LogP contribution < -0.4 is 5.32 Å². The van der Waals surface area contributed by atoms with Crippen molar-refractivity contribution in [3.63, 3.8) is 0 Å². The molecule has 3 rings (SSSR count). The molecule has 0 fully saturated rings. The molecule has 0 radical (unpaired) electrons. The van der Waals surface area contributed by atoms with Crippen molar-refractivity contribution in [1.82, 2.24) is 19.6 Å². The summed E-state index contributed by atoms with van der Waals surface area (Å²) >= 11 is 3.52. The third-order valence-corrected chi connectivity index (χ3v) is 5.37. The number of carbonyl (C=O) groups excluding carboxylic acids is 1. The summed E-state index contributed by atoms with van der Waals surface area (Å²) in [5.41, 5.74) is 3.68. The normalized spacial score (nSPS) is 10.8. The quantitative estimate of drug-likeness (QED) is 0.441. The second-order valence-electron chi connectivity index (χ2n) is 6.34. The van der Waals surface area contributed by atoms with Crippen molar-refractivity contribution in [2.45, 2.75) is 33.4 Å². The van der Waals surface area contributed by atoms with Gasteiger partial charge in [-0.1, -0.05) is 12.1 Å². The third kappa shape index (κ3) is 4.63. The minimum atomic E-state index is -0.566. The second-order valence-corrected chi connectivity index (χ2v) is 7.13. The van der Waals surface area contributed by atoms with Crippen molar-refractivity contribution in [3.05, 3.63) is 68.1 Å². The third-order valence-electron chi connectivity index (χ3n) is 4.22. The van der Waals surface area contributed by atoms with E-state index in [-0.39, 0.29) is 24.7 Å². The number of halogens is 1. The summed E-state index contributed by atoms with van der Waals surface area (Å²) in [5.74, 6) is -0.423. The molecule has 0 saturated heterocycles. The van der Waals surface area contributed by atoms with E-state index in [1.165, 1.54) is 16.9 Å². The van der Waals surface area contributed by atoms with Gasteiger partial charge in [0.1, 0.15) is 0 Å². The van der Waals surface area contributed by atoms with Crippen LogP contribution in [0.25, 0.3) is 0 Å². The van der Waals surface area contributed by atoms with E-state index in [0.29, 0.717) is 12.2 Å². The Morgan fingerprint density at radius 2 is 2.07 bits per heavy atom. The average Bonchev–Trinajstić information content (AvgIpc) is 3.22. The van der Waals surface area contributed by atoms with Crippen LogP contribution in [0.3, 0.4) is 0 Å². The molecule has 0 unspecified atom stereocenters. The topological polar surface area (TPSA) is 108 Å². The molecule has 2 heterocycles. The summed E-state index contributed by atoms with van der Waals surface area (Å²) in [6.07, 6.45) is 1.64. The lowest BCUT2D eigenvalue weighted by Gasteiger charge is -2.09. The first-order chi connectivity index (χ1) is 13.3. The molecule has 9 nitrogen and oxygen atoms in total. The van der Waals surface area contributed by atoms with Gasteiger partial charge in [0.25, 0.3) is 0 Å². The predicted molar refractivity (Wildman–Crippen MR) is 107 cm³/mol. The standard InChI is InChI=1S/C18H19BrN6O3/c1-12-18(19)13(2)24(21-12)11-14-4-3-5-15(10-14)20-17(26)7-9-23-8-6-16(22-23)25(27)28/h3-6,8,10H,7,9,11H2,1-2H3,(H,20,26). The number of nitrogens with one attached hydrogen (secondary N) is 1. The molecule has 0 aliphatic heterocycles. The van der Waals surface area contributed by atoms with Gasteiger partial charge in [-0.05, 0) is 52.4 Å². The van der Waals surface area contributed by atoms with Crippen LogP contribution in [-0.2, 0) is 17.9 Å². The summed E-state index contributed by atoms with van der Waals surface area (Å²) in [4.78, 5) is 22.3.